The van der Waals surface area contributed by atoms with Crippen molar-refractivity contribution in [1.29, 1.82) is 0 Å². The maximum Gasteiger partial charge on any atom is 0.249 e. The van der Waals surface area contributed by atoms with E-state index >= 15 is 0 Å². The Morgan fingerprint density at radius 3 is 2.42 bits per heavy atom. The lowest BCUT2D eigenvalue weighted by atomic mass is 9.69. The predicted molar refractivity (Wildman–Crippen MR) is 76.9 cm³/mol. The quantitative estimate of drug-likeness (QED) is 0.849. The van der Waals surface area contributed by atoms with Crippen LogP contribution in [0.3, 0.4) is 0 Å². The molecule has 3 heteroatoms. The second kappa shape index (κ2) is 6.25. The zero-order chi connectivity index (χ0) is 13.9. The summed E-state index contributed by atoms with van der Waals surface area (Å²) in [5.41, 5.74) is 0.448. The molecule has 1 saturated carbocycles. The molecule has 2 fully saturated rings. The Hall–Kier alpha value is -0.570. The normalized spacial score (nSPS) is 32.3. The fraction of sp³-hybridized carbons (Fsp3) is 0.938. The highest BCUT2D eigenvalue weighted by atomic mass is 16.5. The second-order valence-electron chi connectivity index (χ2n) is 6.90. The van der Waals surface area contributed by atoms with Crippen LogP contribution in [0.5, 0.6) is 0 Å². The molecule has 1 atom stereocenters. The first-order valence-electron chi connectivity index (χ1n) is 7.95. The maximum atomic E-state index is 12.0. The summed E-state index contributed by atoms with van der Waals surface area (Å²) in [6.07, 6.45) is 7.74. The smallest absolute Gasteiger partial charge is 0.249 e. The molecule has 1 N–H and O–H groups in total. The van der Waals surface area contributed by atoms with Crippen molar-refractivity contribution in [3.63, 3.8) is 0 Å². The van der Waals surface area contributed by atoms with Gasteiger partial charge in [-0.1, -0.05) is 27.2 Å². The van der Waals surface area contributed by atoms with Gasteiger partial charge in [-0.05, 0) is 49.9 Å². The molecule has 1 aliphatic heterocycles. The van der Waals surface area contributed by atoms with Gasteiger partial charge in [-0.15, -0.1) is 0 Å². The summed E-state index contributed by atoms with van der Waals surface area (Å²) < 4.78 is 5.44. The predicted octanol–water partition coefficient (Wildman–Crippen LogP) is 3.28. The van der Waals surface area contributed by atoms with E-state index in [4.69, 9.17) is 4.74 Å². The van der Waals surface area contributed by atoms with Crippen LogP contribution >= 0.6 is 0 Å². The molecule has 0 aromatic carbocycles. The lowest BCUT2D eigenvalue weighted by molar-refractivity contribution is -0.131. The summed E-state index contributed by atoms with van der Waals surface area (Å²) in [4.78, 5) is 12.0. The van der Waals surface area contributed by atoms with E-state index in [-0.39, 0.29) is 12.0 Å². The van der Waals surface area contributed by atoms with E-state index in [0.717, 1.165) is 38.2 Å². The second-order valence-corrected chi connectivity index (χ2v) is 6.90. The van der Waals surface area contributed by atoms with Gasteiger partial charge in [-0.3, -0.25) is 4.79 Å². The zero-order valence-corrected chi connectivity index (χ0v) is 12.7. The average molecular weight is 267 g/mol. The molecule has 19 heavy (non-hydrogen) atoms. The monoisotopic (exact) mass is 267 g/mol. The number of rotatable bonds is 4. The van der Waals surface area contributed by atoms with Crippen molar-refractivity contribution in [2.24, 2.45) is 11.3 Å². The standard InChI is InChI=1S/C16H29NO2/c1-4-16(2,3)12-7-9-13(10-8-12)17-15(18)14-6-5-11-19-14/h12-14H,4-11H2,1-3H3,(H,17,18). The van der Waals surface area contributed by atoms with Crippen LogP contribution < -0.4 is 5.32 Å². The van der Waals surface area contributed by atoms with Crippen LogP contribution in [0.4, 0.5) is 0 Å². The van der Waals surface area contributed by atoms with E-state index < -0.39 is 0 Å². The largest absolute Gasteiger partial charge is 0.368 e. The molecule has 0 bridgehead atoms. The number of amides is 1. The Morgan fingerprint density at radius 1 is 1.21 bits per heavy atom. The van der Waals surface area contributed by atoms with E-state index in [1.807, 2.05) is 0 Å². The molecular formula is C16H29NO2. The molecule has 0 radical (unpaired) electrons. The van der Waals surface area contributed by atoms with E-state index in [2.05, 4.69) is 26.1 Å². The minimum absolute atomic E-state index is 0.121. The van der Waals surface area contributed by atoms with E-state index in [1.165, 1.54) is 19.3 Å². The van der Waals surface area contributed by atoms with Gasteiger partial charge >= 0.3 is 0 Å². The van der Waals surface area contributed by atoms with Crippen molar-refractivity contribution in [3.8, 4) is 0 Å². The zero-order valence-electron chi connectivity index (χ0n) is 12.7. The topological polar surface area (TPSA) is 38.3 Å². The van der Waals surface area contributed by atoms with E-state index in [9.17, 15) is 4.79 Å². The first-order chi connectivity index (χ1) is 9.03. The third-order valence-electron chi connectivity index (χ3n) is 5.31. The summed E-state index contributed by atoms with van der Waals surface area (Å²) in [5, 5.41) is 3.19. The molecule has 0 spiro atoms. The summed E-state index contributed by atoms with van der Waals surface area (Å²) in [6.45, 7) is 7.78. The summed E-state index contributed by atoms with van der Waals surface area (Å²) in [7, 11) is 0. The molecule has 1 unspecified atom stereocenters. The summed E-state index contributed by atoms with van der Waals surface area (Å²) in [5.74, 6) is 0.934. The van der Waals surface area contributed by atoms with Gasteiger partial charge in [0.1, 0.15) is 6.10 Å². The van der Waals surface area contributed by atoms with Crippen LogP contribution in [0.25, 0.3) is 0 Å². The van der Waals surface area contributed by atoms with Crippen molar-refractivity contribution >= 4 is 5.91 Å². The van der Waals surface area contributed by atoms with Crippen LogP contribution in [0.15, 0.2) is 0 Å². The molecule has 1 heterocycles. The molecule has 0 aromatic heterocycles. The SMILES string of the molecule is CCC(C)(C)C1CCC(NC(=O)C2CCCO2)CC1. The van der Waals surface area contributed by atoms with Gasteiger partial charge in [0.15, 0.2) is 0 Å². The van der Waals surface area contributed by atoms with Crippen molar-refractivity contribution in [2.45, 2.75) is 77.9 Å². The van der Waals surface area contributed by atoms with Gasteiger partial charge in [-0.2, -0.15) is 0 Å². The van der Waals surface area contributed by atoms with Crippen molar-refractivity contribution < 1.29 is 9.53 Å². The number of nitrogens with one attached hydrogen (secondary N) is 1. The van der Waals surface area contributed by atoms with Gasteiger partial charge < -0.3 is 10.1 Å². The Balaban J connectivity index is 1.75. The fourth-order valence-electron chi connectivity index (χ4n) is 3.39. The van der Waals surface area contributed by atoms with Gasteiger partial charge in [0.25, 0.3) is 0 Å². The lowest BCUT2D eigenvalue weighted by Gasteiger charge is -2.39. The third kappa shape index (κ3) is 3.71. The third-order valence-corrected chi connectivity index (χ3v) is 5.31. The molecule has 1 aliphatic carbocycles. The van der Waals surface area contributed by atoms with Gasteiger partial charge in [-0.25, -0.2) is 0 Å². The molecule has 110 valence electrons. The molecule has 3 nitrogen and oxygen atoms in total. The van der Waals surface area contributed by atoms with Crippen molar-refractivity contribution in [3.05, 3.63) is 0 Å². The number of carbonyl (C=O) groups excluding carboxylic acids is 1. The lowest BCUT2D eigenvalue weighted by Crippen LogP contribution is -2.44. The Morgan fingerprint density at radius 2 is 1.89 bits per heavy atom. The summed E-state index contributed by atoms with van der Waals surface area (Å²) in [6, 6.07) is 0.376. The molecule has 1 saturated heterocycles. The summed E-state index contributed by atoms with van der Waals surface area (Å²) >= 11 is 0. The highest BCUT2D eigenvalue weighted by Crippen LogP contribution is 2.40. The first kappa shape index (κ1) is 14.8. The minimum atomic E-state index is -0.176. The van der Waals surface area contributed by atoms with Crippen LogP contribution in [-0.4, -0.2) is 24.7 Å². The Bertz CT molecular complexity index is 300. The first-order valence-corrected chi connectivity index (χ1v) is 7.95. The highest BCUT2D eigenvalue weighted by Gasteiger charge is 2.33. The van der Waals surface area contributed by atoms with Crippen molar-refractivity contribution in [1.82, 2.24) is 5.32 Å². The van der Waals surface area contributed by atoms with Crippen LogP contribution in [0.2, 0.25) is 0 Å². The molecule has 1 amide bonds. The van der Waals surface area contributed by atoms with Crippen molar-refractivity contribution in [2.75, 3.05) is 6.61 Å². The average Bonchev–Trinajstić information content (AvgIpc) is 2.93. The highest BCUT2D eigenvalue weighted by molar-refractivity contribution is 5.81. The maximum absolute atomic E-state index is 12.0. The minimum Gasteiger partial charge on any atom is -0.368 e. The molecule has 2 aliphatic rings. The van der Waals surface area contributed by atoms with Crippen LogP contribution in [-0.2, 0) is 9.53 Å². The van der Waals surface area contributed by atoms with E-state index in [0.29, 0.717) is 11.5 Å². The number of hydrogen-bond donors (Lipinski definition) is 1. The van der Waals surface area contributed by atoms with E-state index in [1.54, 1.807) is 0 Å². The molecular weight excluding hydrogens is 238 g/mol. The number of carbonyl (C=O) groups is 1. The molecule has 2 rings (SSSR count). The Labute approximate surface area is 117 Å². The van der Waals surface area contributed by atoms with Crippen LogP contribution in [0, 0.1) is 11.3 Å². The van der Waals surface area contributed by atoms with Gasteiger partial charge in [0.2, 0.25) is 5.91 Å². The number of ether oxygens (including phenoxy) is 1. The molecule has 0 aromatic rings. The fourth-order valence-corrected chi connectivity index (χ4v) is 3.39. The van der Waals surface area contributed by atoms with Gasteiger partial charge in [0.05, 0.1) is 0 Å². The van der Waals surface area contributed by atoms with Gasteiger partial charge in [0, 0.05) is 12.6 Å². The Kier molecular flexibility index (Phi) is 4.88. The van der Waals surface area contributed by atoms with Crippen LogP contribution in [0.1, 0.15) is 65.7 Å². The number of hydrogen-bond acceptors (Lipinski definition) is 2.